The predicted octanol–water partition coefficient (Wildman–Crippen LogP) is 3.05. The smallest absolute Gasteiger partial charge is 0.360 e. The Bertz CT molecular complexity index is 907. The third-order valence-corrected chi connectivity index (χ3v) is 6.12. The molecule has 1 N–H and O–H groups in total. The zero-order chi connectivity index (χ0) is 20.8. The van der Waals surface area contributed by atoms with Gasteiger partial charge in [0.05, 0.1) is 31.7 Å². The fourth-order valence-electron chi connectivity index (χ4n) is 4.41. The van der Waals surface area contributed by atoms with Gasteiger partial charge < -0.3 is 14.4 Å². The Kier molecular flexibility index (Phi) is 5.19. The van der Waals surface area contributed by atoms with Gasteiger partial charge in [0.2, 0.25) is 5.78 Å². The molecule has 1 aromatic carbocycles. The normalized spacial score (nSPS) is 18.3. The Morgan fingerprint density at radius 3 is 2.45 bits per heavy atom. The number of hydrogen-bond donors (Lipinski definition) is 1. The average molecular weight is 406 g/mol. The van der Waals surface area contributed by atoms with Crippen LogP contribution in [-0.4, -0.2) is 43.1 Å². The van der Waals surface area contributed by atoms with Gasteiger partial charge in [-0.05, 0) is 51.0 Å². The van der Waals surface area contributed by atoms with Gasteiger partial charge in [-0.3, -0.25) is 4.79 Å². The van der Waals surface area contributed by atoms with Gasteiger partial charge in [0.25, 0.3) is 0 Å². The second kappa shape index (κ2) is 7.52. The molecule has 0 atom stereocenters. The molecule has 2 heterocycles. The molecule has 7 heteroatoms. The molecule has 1 saturated carbocycles. The van der Waals surface area contributed by atoms with Crippen LogP contribution in [-0.2, 0) is 6.18 Å². The van der Waals surface area contributed by atoms with Gasteiger partial charge in [0.1, 0.15) is 6.54 Å². The minimum absolute atomic E-state index is 0.160. The molecule has 0 amide bonds. The van der Waals surface area contributed by atoms with Crippen LogP contribution in [0.3, 0.4) is 0 Å². The summed E-state index contributed by atoms with van der Waals surface area (Å²) in [7, 11) is 0. The highest BCUT2D eigenvalue weighted by Gasteiger charge is 2.32. The number of nitrogens with one attached hydrogen (secondary N) is 1. The number of rotatable bonds is 5. The van der Waals surface area contributed by atoms with Crippen molar-refractivity contribution in [2.24, 2.45) is 0 Å². The average Bonchev–Trinajstić information content (AvgIpc) is 3.46. The zero-order valence-electron chi connectivity index (χ0n) is 16.9. The second-order valence-electron chi connectivity index (χ2n) is 8.27. The lowest BCUT2D eigenvalue weighted by molar-refractivity contribution is -0.892. The van der Waals surface area contributed by atoms with Crippen molar-refractivity contribution in [3.05, 3.63) is 52.8 Å². The second-order valence-corrected chi connectivity index (χ2v) is 8.27. The fourth-order valence-corrected chi connectivity index (χ4v) is 4.41. The number of aryl methyl sites for hydroxylation is 1. The SMILES string of the molecule is Cc1cc(C(=O)C[NH+]2CCN(c3cccc(C(F)(F)F)c3)CC2)c(C)n1C1CC1. The van der Waals surface area contributed by atoms with Crippen LogP contribution in [0, 0.1) is 13.8 Å². The van der Waals surface area contributed by atoms with E-state index in [1.54, 1.807) is 6.07 Å². The molecule has 0 spiro atoms. The van der Waals surface area contributed by atoms with Gasteiger partial charge in [0, 0.05) is 28.7 Å². The number of hydrogen-bond acceptors (Lipinski definition) is 2. The lowest BCUT2D eigenvalue weighted by Gasteiger charge is -2.33. The number of carbonyl (C=O) groups is 1. The molecule has 0 radical (unpaired) electrons. The highest BCUT2D eigenvalue weighted by atomic mass is 19.4. The maximum atomic E-state index is 13.0. The van der Waals surface area contributed by atoms with E-state index in [9.17, 15) is 18.0 Å². The molecule has 2 aliphatic rings. The van der Waals surface area contributed by atoms with Gasteiger partial charge in [-0.2, -0.15) is 13.2 Å². The number of alkyl halides is 3. The highest BCUT2D eigenvalue weighted by Crippen LogP contribution is 2.38. The van der Waals surface area contributed by atoms with Crippen molar-refractivity contribution >= 4 is 11.5 Å². The highest BCUT2D eigenvalue weighted by molar-refractivity contribution is 5.98. The summed E-state index contributed by atoms with van der Waals surface area (Å²) in [5, 5.41) is 0. The van der Waals surface area contributed by atoms with Crippen LogP contribution in [0.15, 0.2) is 30.3 Å². The first-order valence-electron chi connectivity index (χ1n) is 10.2. The number of Topliss-reactive ketones (excluding diaryl/α,β-unsaturated/α-hetero) is 1. The Morgan fingerprint density at radius 2 is 1.83 bits per heavy atom. The molecule has 0 bridgehead atoms. The molecule has 1 saturated heterocycles. The third kappa shape index (κ3) is 4.20. The first-order chi connectivity index (χ1) is 13.7. The quantitative estimate of drug-likeness (QED) is 0.774. The number of carbonyl (C=O) groups excluding carboxylic acids is 1. The third-order valence-electron chi connectivity index (χ3n) is 6.12. The number of halogens is 3. The summed E-state index contributed by atoms with van der Waals surface area (Å²) < 4.78 is 41.2. The Hall–Kier alpha value is -2.28. The molecule has 0 unspecified atom stereocenters. The lowest BCUT2D eigenvalue weighted by atomic mass is 10.1. The molecule has 4 nitrogen and oxygen atoms in total. The van der Waals surface area contributed by atoms with E-state index >= 15 is 0 Å². The minimum Gasteiger partial charge on any atom is -0.360 e. The van der Waals surface area contributed by atoms with Crippen molar-refractivity contribution in [2.75, 3.05) is 37.6 Å². The van der Waals surface area contributed by atoms with Gasteiger partial charge in [0.15, 0.2) is 0 Å². The molecule has 156 valence electrons. The summed E-state index contributed by atoms with van der Waals surface area (Å²) in [6.07, 6.45) is -1.96. The number of piperazine rings is 1. The van der Waals surface area contributed by atoms with E-state index in [2.05, 4.69) is 11.5 Å². The van der Waals surface area contributed by atoms with E-state index < -0.39 is 11.7 Å². The molecule has 2 fully saturated rings. The van der Waals surface area contributed by atoms with E-state index in [1.165, 1.54) is 29.9 Å². The van der Waals surface area contributed by atoms with Crippen molar-refractivity contribution in [3.63, 3.8) is 0 Å². The Morgan fingerprint density at radius 1 is 1.14 bits per heavy atom. The predicted molar refractivity (Wildman–Crippen MR) is 106 cm³/mol. The first-order valence-corrected chi connectivity index (χ1v) is 10.2. The van der Waals surface area contributed by atoms with Gasteiger partial charge >= 0.3 is 6.18 Å². The van der Waals surface area contributed by atoms with E-state index in [0.717, 1.165) is 36.1 Å². The number of anilines is 1. The summed E-state index contributed by atoms with van der Waals surface area (Å²) >= 11 is 0. The van der Waals surface area contributed by atoms with Gasteiger partial charge in [-0.25, -0.2) is 0 Å². The molecule has 29 heavy (non-hydrogen) atoms. The number of benzene rings is 1. The molecule has 4 rings (SSSR count). The van der Waals surface area contributed by atoms with Crippen molar-refractivity contribution in [2.45, 2.75) is 38.9 Å². The molecule has 1 aromatic heterocycles. The summed E-state index contributed by atoms with van der Waals surface area (Å²) in [5.74, 6) is 0.160. The van der Waals surface area contributed by atoms with Crippen LogP contribution in [0.5, 0.6) is 0 Å². The van der Waals surface area contributed by atoms with Crippen LogP contribution in [0.25, 0.3) is 0 Å². The van der Waals surface area contributed by atoms with Gasteiger partial charge in [-0.1, -0.05) is 6.07 Å². The fraction of sp³-hybridized carbons (Fsp3) is 0.500. The van der Waals surface area contributed by atoms with E-state index in [0.29, 0.717) is 31.4 Å². The summed E-state index contributed by atoms with van der Waals surface area (Å²) in [6.45, 7) is 7.29. The molecular weight excluding hydrogens is 379 g/mol. The van der Waals surface area contributed by atoms with Crippen LogP contribution in [0.1, 0.15) is 46.2 Å². The number of ketones is 1. The maximum absolute atomic E-state index is 13.0. The Balaban J connectivity index is 1.37. The van der Waals surface area contributed by atoms with Crippen molar-refractivity contribution in [3.8, 4) is 0 Å². The van der Waals surface area contributed by atoms with E-state index in [1.807, 2.05) is 17.9 Å². The standard InChI is InChI=1S/C22H26F3N3O/c1-15-12-20(16(2)28(15)18-6-7-18)21(29)14-26-8-10-27(11-9-26)19-5-3-4-17(13-19)22(23,24)25/h3-5,12-13,18H,6-11,14H2,1-2H3/p+1. The van der Waals surface area contributed by atoms with Crippen molar-refractivity contribution in [1.82, 2.24) is 4.57 Å². The van der Waals surface area contributed by atoms with E-state index in [-0.39, 0.29) is 5.78 Å². The number of aromatic nitrogens is 1. The van der Waals surface area contributed by atoms with Crippen LogP contribution in [0.2, 0.25) is 0 Å². The minimum atomic E-state index is -4.33. The van der Waals surface area contributed by atoms with E-state index in [4.69, 9.17) is 0 Å². The topological polar surface area (TPSA) is 29.7 Å². The van der Waals surface area contributed by atoms with Crippen LogP contribution >= 0.6 is 0 Å². The monoisotopic (exact) mass is 406 g/mol. The number of quaternary nitrogens is 1. The van der Waals surface area contributed by atoms with Crippen molar-refractivity contribution < 1.29 is 22.9 Å². The maximum Gasteiger partial charge on any atom is 0.416 e. The molecular formula is C22H27F3N3O+. The molecule has 1 aliphatic heterocycles. The first kappa shape index (κ1) is 20.0. The summed E-state index contributed by atoms with van der Waals surface area (Å²) in [4.78, 5) is 16.0. The van der Waals surface area contributed by atoms with Crippen molar-refractivity contribution in [1.29, 1.82) is 0 Å². The Labute approximate surface area is 168 Å². The van der Waals surface area contributed by atoms with Crippen LogP contribution in [0.4, 0.5) is 18.9 Å². The molecule has 1 aliphatic carbocycles. The largest absolute Gasteiger partial charge is 0.416 e. The zero-order valence-corrected chi connectivity index (χ0v) is 16.9. The lowest BCUT2D eigenvalue weighted by Crippen LogP contribution is -3.15. The van der Waals surface area contributed by atoms with Crippen LogP contribution < -0.4 is 9.80 Å². The number of nitrogens with zero attached hydrogens (tertiary/aromatic N) is 2. The molecule has 2 aromatic rings. The summed E-state index contributed by atoms with van der Waals surface area (Å²) in [5.41, 5.74) is 3.01. The van der Waals surface area contributed by atoms with Gasteiger partial charge in [-0.15, -0.1) is 0 Å². The summed E-state index contributed by atoms with van der Waals surface area (Å²) in [6, 6.07) is 8.05.